The summed E-state index contributed by atoms with van der Waals surface area (Å²) in [6.07, 6.45) is 6.59. The lowest BCUT2D eigenvalue weighted by molar-refractivity contribution is 1.42. The summed E-state index contributed by atoms with van der Waals surface area (Å²) >= 11 is 0. The summed E-state index contributed by atoms with van der Waals surface area (Å²) in [7, 11) is -0.741. The van der Waals surface area contributed by atoms with Crippen LogP contribution in [0.2, 0.25) is 0 Å². The first kappa shape index (κ1) is 10.2. The molecule has 0 bridgehead atoms. The summed E-state index contributed by atoms with van der Waals surface area (Å²) in [4.78, 5) is 3.31. The number of aromatic amines is 1. The molecule has 0 aliphatic rings. The Morgan fingerprint density at radius 2 is 1.87 bits per heavy atom. The van der Waals surface area contributed by atoms with Gasteiger partial charge < -0.3 is 4.98 Å². The molecule has 1 heterocycles. The monoisotopic (exact) mass is 217 g/mol. The van der Waals surface area contributed by atoms with E-state index in [2.05, 4.69) is 53.1 Å². The molecule has 0 saturated carbocycles. The van der Waals surface area contributed by atoms with Crippen molar-refractivity contribution < 1.29 is 0 Å². The van der Waals surface area contributed by atoms with Crippen LogP contribution < -0.4 is 0 Å². The molecule has 0 aliphatic heterocycles. The highest BCUT2D eigenvalue weighted by atomic mass is 32.3. The van der Waals surface area contributed by atoms with E-state index in [0.717, 1.165) is 11.2 Å². The van der Waals surface area contributed by atoms with Gasteiger partial charge in [-0.3, -0.25) is 0 Å². The van der Waals surface area contributed by atoms with Gasteiger partial charge in [0, 0.05) is 10.9 Å². The minimum absolute atomic E-state index is 0.741. The maximum atomic E-state index is 3.31. The largest absolute Gasteiger partial charge is 0.348 e. The van der Waals surface area contributed by atoms with Crippen LogP contribution in [0.5, 0.6) is 0 Å². The Balaban J connectivity index is 2.41. The molecular weight excluding hydrogens is 202 g/mol. The SMILES string of the molecule is CS(C)(C)C#Cc1cc2ccccc2[nH]1. The number of para-hydroxylation sites is 1. The first-order valence-corrected chi connectivity index (χ1v) is 7.69. The van der Waals surface area contributed by atoms with Gasteiger partial charge >= 0.3 is 0 Å². The summed E-state index contributed by atoms with van der Waals surface area (Å²) in [6.45, 7) is 0. The third-order valence-electron chi connectivity index (χ3n) is 2.02. The smallest absolute Gasteiger partial charge is 0.0912 e. The van der Waals surface area contributed by atoms with Gasteiger partial charge in [-0.25, -0.2) is 0 Å². The van der Waals surface area contributed by atoms with E-state index < -0.39 is 10.0 Å². The zero-order chi connectivity index (χ0) is 10.9. The summed E-state index contributed by atoms with van der Waals surface area (Å²) in [5, 5.41) is 4.53. The number of nitrogens with one attached hydrogen (secondary N) is 1. The van der Waals surface area contributed by atoms with Gasteiger partial charge in [-0.05, 0) is 42.1 Å². The van der Waals surface area contributed by atoms with Gasteiger partial charge in [0.25, 0.3) is 0 Å². The summed E-state index contributed by atoms with van der Waals surface area (Å²) in [5.41, 5.74) is 2.17. The molecule has 1 N–H and O–H groups in total. The van der Waals surface area contributed by atoms with Crippen molar-refractivity contribution in [2.75, 3.05) is 18.8 Å². The number of rotatable bonds is 0. The molecule has 1 aromatic heterocycles. The Kier molecular flexibility index (Phi) is 2.50. The van der Waals surface area contributed by atoms with Crippen LogP contribution in [0.4, 0.5) is 0 Å². The number of aromatic nitrogens is 1. The van der Waals surface area contributed by atoms with Crippen LogP contribution in [0.1, 0.15) is 5.69 Å². The van der Waals surface area contributed by atoms with E-state index in [1.54, 1.807) is 0 Å². The topological polar surface area (TPSA) is 15.8 Å². The Hall–Kier alpha value is -1.33. The molecule has 0 radical (unpaired) electrons. The maximum absolute atomic E-state index is 3.31. The van der Waals surface area contributed by atoms with Crippen LogP contribution in [0.3, 0.4) is 0 Å². The second kappa shape index (κ2) is 3.67. The van der Waals surface area contributed by atoms with Crippen LogP contribution in [-0.2, 0) is 0 Å². The molecule has 0 fully saturated rings. The number of hydrogen-bond donors (Lipinski definition) is 1. The van der Waals surface area contributed by atoms with Crippen molar-refractivity contribution in [1.29, 1.82) is 0 Å². The van der Waals surface area contributed by atoms with E-state index in [1.807, 2.05) is 12.1 Å². The second-order valence-corrected chi connectivity index (χ2v) is 8.21. The van der Waals surface area contributed by atoms with Crippen molar-refractivity contribution in [1.82, 2.24) is 4.98 Å². The van der Waals surface area contributed by atoms with E-state index >= 15 is 0 Å². The van der Waals surface area contributed by atoms with E-state index in [4.69, 9.17) is 0 Å². The van der Waals surface area contributed by atoms with E-state index in [1.165, 1.54) is 5.39 Å². The first-order valence-electron chi connectivity index (χ1n) is 4.83. The molecule has 1 nitrogen and oxygen atoms in total. The highest BCUT2D eigenvalue weighted by molar-refractivity contribution is 8.35. The molecule has 0 atom stereocenters. The number of benzene rings is 1. The molecule has 2 heteroatoms. The molecule has 1 aromatic carbocycles. The number of fused-ring (bicyclic) bond motifs is 1. The molecule has 0 spiro atoms. The van der Waals surface area contributed by atoms with Gasteiger partial charge in [0.1, 0.15) is 0 Å². The lowest BCUT2D eigenvalue weighted by atomic mass is 10.2. The third kappa shape index (κ3) is 2.57. The maximum Gasteiger partial charge on any atom is 0.0912 e. The minimum atomic E-state index is -0.741. The summed E-state index contributed by atoms with van der Waals surface area (Å²) < 4.78 is 0. The average Bonchev–Trinajstić information content (AvgIpc) is 2.56. The summed E-state index contributed by atoms with van der Waals surface area (Å²) in [6, 6.07) is 10.4. The number of hydrogen-bond acceptors (Lipinski definition) is 0. The van der Waals surface area contributed by atoms with Crippen LogP contribution >= 0.6 is 10.0 Å². The van der Waals surface area contributed by atoms with Gasteiger partial charge in [0.2, 0.25) is 0 Å². The van der Waals surface area contributed by atoms with Gasteiger partial charge in [-0.15, -0.1) is 0 Å². The first-order chi connectivity index (χ1) is 7.04. The Bertz CT molecular complexity index is 502. The van der Waals surface area contributed by atoms with Gasteiger partial charge in [0.15, 0.2) is 0 Å². The Labute approximate surface area is 92.2 Å². The highest BCUT2D eigenvalue weighted by Gasteiger charge is 1.98. The predicted octanol–water partition coefficient (Wildman–Crippen LogP) is 3.17. The van der Waals surface area contributed by atoms with Crippen LogP contribution in [0.15, 0.2) is 30.3 Å². The highest BCUT2D eigenvalue weighted by Crippen LogP contribution is 2.32. The average molecular weight is 217 g/mol. The predicted molar refractivity (Wildman–Crippen MR) is 70.5 cm³/mol. The van der Waals surface area contributed by atoms with Crippen LogP contribution in [0, 0.1) is 11.2 Å². The molecular formula is C13H15NS. The van der Waals surface area contributed by atoms with Crippen molar-refractivity contribution in [3.05, 3.63) is 36.0 Å². The fourth-order valence-electron chi connectivity index (χ4n) is 1.35. The van der Waals surface area contributed by atoms with E-state index in [0.29, 0.717) is 0 Å². The zero-order valence-electron chi connectivity index (χ0n) is 9.29. The molecule has 15 heavy (non-hydrogen) atoms. The minimum Gasteiger partial charge on any atom is -0.348 e. The van der Waals surface area contributed by atoms with Crippen molar-refractivity contribution in [3.63, 3.8) is 0 Å². The number of H-pyrrole nitrogens is 1. The van der Waals surface area contributed by atoms with Gasteiger partial charge in [-0.1, -0.05) is 18.2 Å². The van der Waals surface area contributed by atoms with Crippen molar-refractivity contribution in [3.8, 4) is 11.2 Å². The fourth-order valence-corrected chi connectivity index (χ4v) is 1.76. The normalized spacial score (nSPS) is 12.2. The lowest BCUT2D eigenvalue weighted by Gasteiger charge is -2.14. The van der Waals surface area contributed by atoms with Gasteiger partial charge in [0.05, 0.1) is 5.69 Å². The lowest BCUT2D eigenvalue weighted by Crippen LogP contribution is -1.85. The second-order valence-electron chi connectivity index (χ2n) is 4.33. The third-order valence-corrected chi connectivity index (χ3v) is 2.74. The molecule has 0 amide bonds. The molecule has 78 valence electrons. The fraction of sp³-hybridized carbons (Fsp3) is 0.231. The van der Waals surface area contributed by atoms with E-state index in [9.17, 15) is 0 Å². The van der Waals surface area contributed by atoms with Gasteiger partial charge in [-0.2, -0.15) is 10.0 Å². The van der Waals surface area contributed by atoms with Crippen LogP contribution in [-0.4, -0.2) is 23.8 Å². The summed E-state index contributed by atoms with van der Waals surface area (Å²) in [5.74, 6) is 3.21. The van der Waals surface area contributed by atoms with E-state index in [-0.39, 0.29) is 0 Å². The zero-order valence-corrected chi connectivity index (χ0v) is 10.1. The molecule has 0 aliphatic carbocycles. The standard InChI is InChI=1S/C13H15NS/c1-15(2,3)9-8-12-10-11-6-4-5-7-13(11)14-12/h4-7,10,14H,1-3H3. The molecule has 0 saturated heterocycles. The van der Waals surface area contributed by atoms with Crippen molar-refractivity contribution in [2.45, 2.75) is 0 Å². The molecule has 2 rings (SSSR count). The molecule has 0 unspecified atom stereocenters. The Morgan fingerprint density at radius 1 is 1.13 bits per heavy atom. The van der Waals surface area contributed by atoms with Crippen LogP contribution in [0.25, 0.3) is 10.9 Å². The quantitative estimate of drug-likeness (QED) is 0.652. The Morgan fingerprint density at radius 3 is 2.53 bits per heavy atom. The van der Waals surface area contributed by atoms with Crippen molar-refractivity contribution in [2.24, 2.45) is 0 Å². The van der Waals surface area contributed by atoms with Crippen molar-refractivity contribution >= 4 is 20.9 Å². The molecule has 2 aromatic rings.